The van der Waals surface area contributed by atoms with Gasteiger partial charge in [0, 0.05) is 49.8 Å². The number of hydrogen-bond acceptors (Lipinski definition) is 4. The molecule has 142 valence electrons. The van der Waals surface area contributed by atoms with Gasteiger partial charge >= 0.3 is 0 Å². The van der Waals surface area contributed by atoms with Crippen LogP contribution in [0.2, 0.25) is 0 Å². The zero-order valence-corrected chi connectivity index (χ0v) is 15.1. The standard InChI is InChI=1S/C20H28N2O4/c23-18(21-14-20(25)9-11-26-12-10-20)16-7-4-8-17(13-16)22-19(24)15-5-2-1-3-6-15/h4,7-8,13,15,25H,1-3,5-6,9-12,14H2,(H,21,23)(H,22,24). The molecule has 1 saturated carbocycles. The van der Waals surface area contributed by atoms with Gasteiger partial charge in [0.25, 0.3) is 5.91 Å². The van der Waals surface area contributed by atoms with Crippen LogP contribution in [0.1, 0.15) is 55.3 Å². The van der Waals surface area contributed by atoms with Gasteiger partial charge in [-0.15, -0.1) is 0 Å². The van der Waals surface area contributed by atoms with Gasteiger partial charge in [0.15, 0.2) is 0 Å². The molecule has 0 unspecified atom stereocenters. The van der Waals surface area contributed by atoms with Crippen LogP contribution in [0.3, 0.4) is 0 Å². The van der Waals surface area contributed by atoms with Gasteiger partial charge < -0.3 is 20.5 Å². The summed E-state index contributed by atoms with van der Waals surface area (Å²) < 4.78 is 5.25. The fourth-order valence-electron chi connectivity index (χ4n) is 3.62. The zero-order valence-electron chi connectivity index (χ0n) is 15.1. The fraction of sp³-hybridized carbons (Fsp3) is 0.600. The van der Waals surface area contributed by atoms with Gasteiger partial charge in [0.1, 0.15) is 0 Å². The van der Waals surface area contributed by atoms with Crippen LogP contribution in [0, 0.1) is 5.92 Å². The molecule has 2 aliphatic rings. The molecule has 1 heterocycles. The molecule has 1 saturated heterocycles. The van der Waals surface area contributed by atoms with Crippen molar-refractivity contribution < 1.29 is 19.4 Å². The van der Waals surface area contributed by atoms with Crippen molar-refractivity contribution in [2.45, 2.75) is 50.5 Å². The first kappa shape index (κ1) is 18.9. The lowest BCUT2D eigenvalue weighted by atomic mass is 9.88. The van der Waals surface area contributed by atoms with Crippen LogP contribution in [0.4, 0.5) is 5.69 Å². The second-order valence-corrected chi connectivity index (χ2v) is 7.42. The molecule has 0 spiro atoms. The molecule has 0 bridgehead atoms. The van der Waals surface area contributed by atoms with E-state index in [9.17, 15) is 14.7 Å². The minimum absolute atomic E-state index is 0.0405. The Kier molecular flexibility index (Phi) is 6.27. The summed E-state index contributed by atoms with van der Waals surface area (Å²) >= 11 is 0. The summed E-state index contributed by atoms with van der Waals surface area (Å²) in [6.45, 7) is 1.22. The van der Waals surface area contributed by atoms with E-state index >= 15 is 0 Å². The number of aliphatic hydroxyl groups is 1. The number of hydrogen-bond donors (Lipinski definition) is 3. The lowest BCUT2D eigenvalue weighted by Gasteiger charge is -2.32. The smallest absolute Gasteiger partial charge is 0.251 e. The van der Waals surface area contributed by atoms with Gasteiger partial charge in [0.05, 0.1) is 5.60 Å². The summed E-state index contributed by atoms with van der Waals surface area (Å²) in [5.41, 5.74) is 0.209. The number of benzene rings is 1. The van der Waals surface area contributed by atoms with Gasteiger partial charge in [-0.05, 0) is 31.0 Å². The summed E-state index contributed by atoms with van der Waals surface area (Å²) in [6, 6.07) is 6.95. The Morgan fingerprint density at radius 2 is 1.88 bits per heavy atom. The summed E-state index contributed by atoms with van der Waals surface area (Å²) in [5, 5.41) is 16.2. The quantitative estimate of drug-likeness (QED) is 0.753. The maximum atomic E-state index is 12.4. The van der Waals surface area contributed by atoms with Crippen molar-refractivity contribution in [1.82, 2.24) is 5.32 Å². The first-order valence-corrected chi connectivity index (χ1v) is 9.55. The predicted octanol–water partition coefficient (Wildman–Crippen LogP) is 2.48. The molecule has 0 radical (unpaired) electrons. The summed E-state index contributed by atoms with van der Waals surface area (Å²) in [6.07, 6.45) is 6.33. The molecule has 1 aromatic carbocycles. The molecule has 1 aliphatic heterocycles. The van der Waals surface area contributed by atoms with Gasteiger partial charge in [0.2, 0.25) is 5.91 Å². The van der Waals surface area contributed by atoms with E-state index in [1.165, 1.54) is 6.42 Å². The Morgan fingerprint density at radius 3 is 2.62 bits per heavy atom. The van der Waals surface area contributed by atoms with E-state index in [0.717, 1.165) is 25.7 Å². The normalized spacial score (nSPS) is 20.3. The van der Waals surface area contributed by atoms with Crippen LogP contribution in [-0.2, 0) is 9.53 Å². The van der Waals surface area contributed by atoms with E-state index in [2.05, 4.69) is 10.6 Å². The van der Waals surface area contributed by atoms with Crippen molar-refractivity contribution >= 4 is 17.5 Å². The van der Waals surface area contributed by atoms with Crippen LogP contribution < -0.4 is 10.6 Å². The van der Waals surface area contributed by atoms with Crippen LogP contribution in [-0.4, -0.2) is 42.3 Å². The monoisotopic (exact) mass is 360 g/mol. The largest absolute Gasteiger partial charge is 0.388 e. The number of anilines is 1. The highest BCUT2D eigenvalue weighted by atomic mass is 16.5. The number of carbonyl (C=O) groups excluding carboxylic acids is 2. The molecule has 3 rings (SSSR count). The molecule has 2 amide bonds. The summed E-state index contributed by atoms with van der Waals surface area (Å²) in [4.78, 5) is 24.8. The number of carbonyl (C=O) groups is 2. The second-order valence-electron chi connectivity index (χ2n) is 7.42. The minimum atomic E-state index is -0.902. The second kappa shape index (κ2) is 8.64. The Morgan fingerprint density at radius 1 is 1.15 bits per heavy atom. The average Bonchev–Trinajstić information content (AvgIpc) is 2.67. The van der Waals surface area contributed by atoms with Crippen molar-refractivity contribution in [2.75, 3.05) is 25.1 Å². The van der Waals surface area contributed by atoms with Crippen molar-refractivity contribution in [3.63, 3.8) is 0 Å². The van der Waals surface area contributed by atoms with Crippen molar-refractivity contribution in [3.05, 3.63) is 29.8 Å². The Bertz CT molecular complexity index is 634. The predicted molar refractivity (Wildman–Crippen MR) is 99.0 cm³/mol. The molecule has 26 heavy (non-hydrogen) atoms. The topological polar surface area (TPSA) is 87.7 Å². The molecule has 3 N–H and O–H groups in total. The van der Waals surface area contributed by atoms with E-state index in [1.54, 1.807) is 24.3 Å². The summed E-state index contributed by atoms with van der Waals surface area (Å²) in [5.74, 6) is -0.138. The lowest BCUT2D eigenvalue weighted by Crippen LogP contribution is -2.46. The number of rotatable bonds is 5. The Labute approximate surface area is 154 Å². The first-order chi connectivity index (χ1) is 12.6. The molecular weight excluding hydrogens is 332 g/mol. The summed E-state index contributed by atoms with van der Waals surface area (Å²) in [7, 11) is 0. The lowest BCUT2D eigenvalue weighted by molar-refractivity contribution is -0.120. The van der Waals surface area contributed by atoms with Crippen LogP contribution >= 0.6 is 0 Å². The van der Waals surface area contributed by atoms with Crippen molar-refractivity contribution in [2.24, 2.45) is 5.92 Å². The molecular formula is C20H28N2O4. The van der Waals surface area contributed by atoms with E-state index < -0.39 is 5.60 Å². The highest BCUT2D eigenvalue weighted by Crippen LogP contribution is 2.25. The van der Waals surface area contributed by atoms with E-state index in [1.807, 2.05) is 0 Å². The average molecular weight is 360 g/mol. The first-order valence-electron chi connectivity index (χ1n) is 9.55. The molecule has 6 nitrogen and oxygen atoms in total. The van der Waals surface area contributed by atoms with E-state index in [0.29, 0.717) is 37.3 Å². The fourth-order valence-corrected chi connectivity index (χ4v) is 3.62. The molecule has 1 aromatic rings. The minimum Gasteiger partial charge on any atom is -0.388 e. The highest BCUT2D eigenvalue weighted by molar-refractivity contribution is 5.97. The van der Waals surface area contributed by atoms with Crippen molar-refractivity contribution in [1.29, 1.82) is 0 Å². The Balaban J connectivity index is 1.55. The van der Waals surface area contributed by atoms with Gasteiger partial charge in [-0.3, -0.25) is 9.59 Å². The molecule has 6 heteroatoms. The van der Waals surface area contributed by atoms with Gasteiger partial charge in [-0.25, -0.2) is 0 Å². The van der Waals surface area contributed by atoms with Crippen LogP contribution in [0.5, 0.6) is 0 Å². The highest BCUT2D eigenvalue weighted by Gasteiger charge is 2.30. The number of ether oxygens (including phenoxy) is 1. The SMILES string of the molecule is O=C(NCC1(O)CCOCC1)c1cccc(NC(=O)C2CCCCC2)c1. The Hall–Kier alpha value is -1.92. The third-order valence-corrected chi connectivity index (χ3v) is 5.37. The van der Waals surface area contributed by atoms with E-state index in [-0.39, 0.29) is 24.3 Å². The molecule has 0 aromatic heterocycles. The maximum Gasteiger partial charge on any atom is 0.251 e. The number of amides is 2. The molecule has 2 fully saturated rings. The number of nitrogens with one attached hydrogen (secondary N) is 2. The third-order valence-electron chi connectivity index (χ3n) is 5.37. The maximum absolute atomic E-state index is 12.4. The van der Waals surface area contributed by atoms with Gasteiger partial charge in [-0.2, -0.15) is 0 Å². The molecule has 0 atom stereocenters. The third kappa shape index (κ3) is 5.05. The zero-order chi connectivity index (χ0) is 18.4. The van der Waals surface area contributed by atoms with Crippen LogP contribution in [0.25, 0.3) is 0 Å². The molecule has 1 aliphatic carbocycles. The van der Waals surface area contributed by atoms with Gasteiger partial charge in [-0.1, -0.05) is 25.3 Å². The van der Waals surface area contributed by atoms with Crippen molar-refractivity contribution in [3.8, 4) is 0 Å². The van der Waals surface area contributed by atoms with E-state index in [4.69, 9.17) is 4.74 Å². The van der Waals surface area contributed by atoms with Crippen LogP contribution in [0.15, 0.2) is 24.3 Å².